The van der Waals surface area contributed by atoms with E-state index in [2.05, 4.69) is 51.0 Å². The molecule has 3 aromatic rings. The number of aromatic amines is 1. The van der Waals surface area contributed by atoms with Gasteiger partial charge in [0.25, 0.3) is 0 Å². The first kappa shape index (κ1) is 12.6. The van der Waals surface area contributed by atoms with Gasteiger partial charge < -0.3 is 4.90 Å². The molecule has 20 heavy (non-hydrogen) atoms. The summed E-state index contributed by atoms with van der Waals surface area (Å²) < 4.78 is 0. The molecule has 1 N–H and O–H groups in total. The van der Waals surface area contributed by atoms with Gasteiger partial charge in [-0.15, -0.1) is 0 Å². The summed E-state index contributed by atoms with van der Waals surface area (Å²) >= 11 is 0. The zero-order valence-corrected chi connectivity index (χ0v) is 11.7. The Morgan fingerprint density at radius 3 is 2.45 bits per heavy atom. The highest BCUT2D eigenvalue weighted by Crippen LogP contribution is 2.23. The molecule has 0 atom stereocenters. The first-order valence-electron chi connectivity index (χ1n) is 6.82. The molecule has 2 aromatic heterocycles. The number of anilines is 1. The van der Waals surface area contributed by atoms with Crippen LogP contribution >= 0.6 is 0 Å². The second-order valence-corrected chi connectivity index (χ2v) is 4.62. The van der Waals surface area contributed by atoms with Gasteiger partial charge in [-0.25, -0.2) is 9.97 Å². The lowest BCUT2D eigenvalue weighted by molar-refractivity contribution is 0.821. The van der Waals surface area contributed by atoms with Crippen LogP contribution in [0.15, 0.2) is 36.8 Å². The van der Waals surface area contributed by atoms with E-state index in [-0.39, 0.29) is 0 Å². The van der Waals surface area contributed by atoms with Crippen LogP contribution in [0.3, 0.4) is 0 Å². The largest absolute Gasteiger partial charge is 0.341 e. The number of nitrogens with one attached hydrogen (secondary N) is 1. The van der Waals surface area contributed by atoms with Crippen LogP contribution < -0.4 is 4.90 Å². The van der Waals surface area contributed by atoms with E-state index >= 15 is 0 Å². The topological polar surface area (TPSA) is 57.7 Å². The third kappa shape index (κ3) is 2.22. The van der Waals surface area contributed by atoms with E-state index in [0.29, 0.717) is 0 Å². The molecule has 1 aromatic carbocycles. The van der Waals surface area contributed by atoms with E-state index < -0.39 is 0 Å². The molecule has 0 radical (unpaired) electrons. The van der Waals surface area contributed by atoms with Gasteiger partial charge in [0.1, 0.15) is 0 Å². The van der Waals surface area contributed by atoms with Crippen molar-refractivity contribution in [3.05, 3.63) is 36.8 Å². The summed E-state index contributed by atoms with van der Waals surface area (Å²) in [4.78, 5) is 11.0. The molecule has 0 saturated carbocycles. The van der Waals surface area contributed by atoms with Crippen LogP contribution in [0.25, 0.3) is 22.0 Å². The number of rotatable bonds is 4. The first-order chi connectivity index (χ1) is 9.81. The van der Waals surface area contributed by atoms with Crippen LogP contribution in [0.1, 0.15) is 13.8 Å². The van der Waals surface area contributed by atoms with Crippen LogP contribution in [0.2, 0.25) is 0 Å². The molecule has 102 valence electrons. The van der Waals surface area contributed by atoms with E-state index in [9.17, 15) is 0 Å². The smallest absolute Gasteiger partial charge is 0.225 e. The number of hydrogen-bond donors (Lipinski definition) is 1. The van der Waals surface area contributed by atoms with Crippen molar-refractivity contribution in [1.29, 1.82) is 0 Å². The Balaban J connectivity index is 1.93. The number of H-pyrrole nitrogens is 1. The Bertz CT molecular complexity index is 698. The monoisotopic (exact) mass is 267 g/mol. The minimum atomic E-state index is 0.781. The molecule has 0 aliphatic carbocycles. The lowest BCUT2D eigenvalue weighted by Gasteiger charge is -2.18. The molecule has 0 bridgehead atoms. The predicted molar refractivity (Wildman–Crippen MR) is 80.7 cm³/mol. The molecule has 0 spiro atoms. The highest BCUT2D eigenvalue weighted by molar-refractivity contribution is 5.83. The Hall–Kier alpha value is -2.43. The van der Waals surface area contributed by atoms with Crippen LogP contribution in [0.4, 0.5) is 5.95 Å². The average Bonchev–Trinajstić information content (AvgIpc) is 2.96. The molecule has 5 heteroatoms. The zero-order chi connectivity index (χ0) is 13.9. The third-order valence-electron chi connectivity index (χ3n) is 3.46. The van der Waals surface area contributed by atoms with Crippen molar-refractivity contribution in [3.8, 4) is 11.1 Å². The molecular weight excluding hydrogens is 250 g/mol. The van der Waals surface area contributed by atoms with E-state index in [4.69, 9.17) is 0 Å². The molecule has 0 aliphatic rings. The van der Waals surface area contributed by atoms with Gasteiger partial charge in [-0.2, -0.15) is 5.10 Å². The van der Waals surface area contributed by atoms with Crippen LogP contribution in [0.5, 0.6) is 0 Å². The number of fused-ring (bicyclic) bond motifs is 1. The lowest BCUT2D eigenvalue weighted by atomic mass is 10.1. The van der Waals surface area contributed by atoms with Crippen molar-refractivity contribution in [3.63, 3.8) is 0 Å². The van der Waals surface area contributed by atoms with Gasteiger partial charge in [-0.05, 0) is 31.5 Å². The highest BCUT2D eigenvalue weighted by atomic mass is 15.2. The summed E-state index contributed by atoms with van der Waals surface area (Å²) in [5.74, 6) is 0.781. The minimum absolute atomic E-state index is 0.781. The third-order valence-corrected chi connectivity index (χ3v) is 3.46. The van der Waals surface area contributed by atoms with Crippen molar-refractivity contribution in [1.82, 2.24) is 20.2 Å². The van der Waals surface area contributed by atoms with Gasteiger partial charge in [0, 0.05) is 36.4 Å². The van der Waals surface area contributed by atoms with Gasteiger partial charge in [0.15, 0.2) is 0 Å². The SMILES string of the molecule is CCN(CC)c1ncc(-c2ccc3[nH]ncc3c2)cn1. The fourth-order valence-corrected chi connectivity index (χ4v) is 2.26. The maximum atomic E-state index is 4.46. The van der Waals surface area contributed by atoms with Gasteiger partial charge in [0.05, 0.1) is 11.7 Å². The Labute approximate surface area is 117 Å². The maximum absolute atomic E-state index is 4.46. The van der Waals surface area contributed by atoms with Crippen molar-refractivity contribution < 1.29 is 0 Å². The van der Waals surface area contributed by atoms with Crippen LogP contribution in [-0.4, -0.2) is 33.3 Å². The lowest BCUT2D eigenvalue weighted by Crippen LogP contribution is -2.23. The molecule has 0 fully saturated rings. The summed E-state index contributed by atoms with van der Waals surface area (Å²) in [6, 6.07) is 6.17. The van der Waals surface area contributed by atoms with E-state index in [1.807, 2.05) is 24.7 Å². The minimum Gasteiger partial charge on any atom is -0.341 e. The van der Waals surface area contributed by atoms with Crippen molar-refractivity contribution >= 4 is 16.9 Å². The summed E-state index contributed by atoms with van der Waals surface area (Å²) in [5.41, 5.74) is 3.16. The number of benzene rings is 1. The van der Waals surface area contributed by atoms with Gasteiger partial charge >= 0.3 is 0 Å². The molecule has 0 unspecified atom stereocenters. The summed E-state index contributed by atoms with van der Waals surface area (Å²) in [6.45, 7) is 6.04. The zero-order valence-electron chi connectivity index (χ0n) is 11.7. The maximum Gasteiger partial charge on any atom is 0.225 e. The Morgan fingerprint density at radius 2 is 1.75 bits per heavy atom. The van der Waals surface area contributed by atoms with E-state index in [1.54, 1.807) is 0 Å². The molecule has 3 rings (SSSR count). The standard InChI is InChI=1S/C15H17N5/c1-3-20(4-2)15-16-8-13(9-17-15)11-5-6-14-12(7-11)10-18-19-14/h5-10H,3-4H2,1-2H3,(H,18,19). The highest BCUT2D eigenvalue weighted by Gasteiger charge is 2.06. The molecular formula is C15H17N5. The van der Waals surface area contributed by atoms with Crippen molar-refractivity contribution in [2.45, 2.75) is 13.8 Å². The predicted octanol–water partition coefficient (Wildman–Crippen LogP) is 2.87. The number of nitrogens with zero attached hydrogens (tertiary/aromatic N) is 4. The van der Waals surface area contributed by atoms with Crippen LogP contribution in [0, 0.1) is 0 Å². The fourth-order valence-electron chi connectivity index (χ4n) is 2.26. The molecule has 0 aliphatic heterocycles. The second-order valence-electron chi connectivity index (χ2n) is 4.62. The van der Waals surface area contributed by atoms with Crippen molar-refractivity contribution in [2.75, 3.05) is 18.0 Å². The summed E-state index contributed by atoms with van der Waals surface area (Å²) in [5, 5.41) is 8.08. The molecule has 0 saturated heterocycles. The number of hydrogen-bond acceptors (Lipinski definition) is 4. The van der Waals surface area contributed by atoms with Gasteiger partial charge in [0.2, 0.25) is 5.95 Å². The molecule has 5 nitrogen and oxygen atoms in total. The van der Waals surface area contributed by atoms with Gasteiger partial charge in [-0.1, -0.05) is 6.07 Å². The fraction of sp³-hybridized carbons (Fsp3) is 0.267. The summed E-state index contributed by atoms with van der Waals surface area (Å²) in [7, 11) is 0. The van der Waals surface area contributed by atoms with Crippen LogP contribution in [-0.2, 0) is 0 Å². The molecule has 2 heterocycles. The van der Waals surface area contributed by atoms with E-state index in [0.717, 1.165) is 41.1 Å². The normalized spacial score (nSPS) is 10.9. The molecule has 0 amide bonds. The first-order valence-corrected chi connectivity index (χ1v) is 6.82. The quantitative estimate of drug-likeness (QED) is 0.789. The Morgan fingerprint density at radius 1 is 1.00 bits per heavy atom. The van der Waals surface area contributed by atoms with Crippen molar-refractivity contribution in [2.24, 2.45) is 0 Å². The van der Waals surface area contributed by atoms with E-state index in [1.165, 1.54) is 0 Å². The summed E-state index contributed by atoms with van der Waals surface area (Å²) in [6.07, 6.45) is 5.58. The second kappa shape index (κ2) is 5.28. The van der Waals surface area contributed by atoms with Gasteiger partial charge in [-0.3, -0.25) is 5.10 Å². The Kier molecular flexibility index (Phi) is 3.33. The number of aromatic nitrogens is 4. The average molecular weight is 267 g/mol.